The van der Waals surface area contributed by atoms with Crippen molar-refractivity contribution in [2.24, 2.45) is 7.05 Å². The van der Waals surface area contributed by atoms with Crippen LogP contribution >= 0.6 is 23.4 Å². The molecule has 4 rings (SSSR count). The van der Waals surface area contributed by atoms with Gasteiger partial charge in [0.15, 0.2) is 5.82 Å². The number of aliphatic carboxylic acids is 1. The molecule has 0 aliphatic carbocycles. The second-order valence-corrected chi connectivity index (χ2v) is 8.84. The minimum absolute atomic E-state index is 0.422. The Kier molecular flexibility index (Phi) is 6.54. The van der Waals surface area contributed by atoms with Crippen molar-refractivity contribution in [2.75, 3.05) is 0 Å². The first-order chi connectivity index (χ1) is 15.9. The molecule has 1 atom stereocenters. The topological polar surface area (TPSA) is 96.7 Å². The fourth-order valence-corrected chi connectivity index (χ4v) is 4.55. The average molecular weight is 478 g/mol. The van der Waals surface area contributed by atoms with Gasteiger partial charge in [0.1, 0.15) is 22.5 Å². The molecule has 166 valence electrons. The number of aromatic nitrogens is 4. The number of benzene rings is 2. The smallest absolute Gasteiger partial charge is 0.328 e. The number of halogens is 1. The van der Waals surface area contributed by atoms with E-state index in [0.717, 1.165) is 21.2 Å². The summed E-state index contributed by atoms with van der Waals surface area (Å²) in [5.41, 5.74) is 2.76. The molecule has 0 radical (unpaired) electrons. The number of hydrogen-bond donors (Lipinski definition) is 1. The highest BCUT2D eigenvalue weighted by molar-refractivity contribution is 7.99. The molecule has 4 aromatic rings. The van der Waals surface area contributed by atoms with Crippen molar-refractivity contribution in [1.29, 1.82) is 5.26 Å². The van der Waals surface area contributed by atoms with E-state index < -0.39 is 12.0 Å². The Morgan fingerprint density at radius 3 is 2.48 bits per heavy atom. The third-order valence-electron chi connectivity index (χ3n) is 5.19. The van der Waals surface area contributed by atoms with Crippen LogP contribution in [0.4, 0.5) is 0 Å². The number of imidazole rings is 1. The van der Waals surface area contributed by atoms with E-state index in [1.54, 1.807) is 36.2 Å². The van der Waals surface area contributed by atoms with Gasteiger partial charge in [-0.3, -0.25) is 4.68 Å². The lowest BCUT2D eigenvalue weighted by molar-refractivity contribution is -0.141. The van der Waals surface area contributed by atoms with E-state index in [9.17, 15) is 9.90 Å². The third-order valence-corrected chi connectivity index (χ3v) is 6.61. The van der Waals surface area contributed by atoms with Gasteiger partial charge in [-0.15, -0.1) is 0 Å². The van der Waals surface area contributed by atoms with Gasteiger partial charge in [0.25, 0.3) is 0 Å². The SMILES string of the molecule is CCC(C(=O)O)n1ccc(-c2nc(-c3ccc(C#N)cc3)c(Sc3ccc(Cl)cc3)n2C)n1. The maximum Gasteiger partial charge on any atom is 0.328 e. The molecule has 7 nitrogen and oxygen atoms in total. The molecular formula is C24H20ClN5O2S. The number of carboxylic acid groups (broad SMARTS) is 1. The normalized spacial score (nSPS) is 11.8. The maximum atomic E-state index is 11.5. The van der Waals surface area contributed by atoms with E-state index in [1.165, 1.54) is 4.68 Å². The minimum Gasteiger partial charge on any atom is -0.480 e. The Balaban J connectivity index is 1.81. The Hall–Kier alpha value is -3.54. The third kappa shape index (κ3) is 4.65. The molecule has 0 saturated carbocycles. The van der Waals surface area contributed by atoms with Crippen LogP contribution in [0.15, 0.2) is 70.7 Å². The van der Waals surface area contributed by atoms with Gasteiger partial charge in [-0.05, 0) is 48.9 Å². The zero-order chi connectivity index (χ0) is 23.5. The van der Waals surface area contributed by atoms with E-state index >= 15 is 0 Å². The van der Waals surface area contributed by atoms with Gasteiger partial charge >= 0.3 is 5.97 Å². The van der Waals surface area contributed by atoms with E-state index in [-0.39, 0.29) is 0 Å². The Bertz CT molecular complexity index is 1340. The Labute approximate surface area is 200 Å². The van der Waals surface area contributed by atoms with Crippen molar-refractivity contribution in [1.82, 2.24) is 19.3 Å². The number of carbonyl (C=O) groups is 1. The monoisotopic (exact) mass is 477 g/mol. The number of carboxylic acids is 1. The molecule has 0 spiro atoms. The van der Waals surface area contributed by atoms with Gasteiger partial charge in [0.2, 0.25) is 0 Å². The molecule has 1 N–H and O–H groups in total. The molecule has 0 bridgehead atoms. The summed E-state index contributed by atoms with van der Waals surface area (Å²) in [6.45, 7) is 1.81. The van der Waals surface area contributed by atoms with Crippen LogP contribution in [-0.4, -0.2) is 30.4 Å². The van der Waals surface area contributed by atoms with Crippen LogP contribution in [0.2, 0.25) is 5.02 Å². The molecule has 2 aromatic heterocycles. The highest BCUT2D eigenvalue weighted by Gasteiger charge is 2.23. The highest BCUT2D eigenvalue weighted by atomic mass is 35.5. The summed E-state index contributed by atoms with van der Waals surface area (Å²) in [4.78, 5) is 17.4. The molecule has 0 fully saturated rings. The Morgan fingerprint density at radius 2 is 1.88 bits per heavy atom. The summed E-state index contributed by atoms with van der Waals surface area (Å²) in [5.74, 6) is -0.311. The lowest BCUT2D eigenvalue weighted by atomic mass is 10.1. The summed E-state index contributed by atoms with van der Waals surface area (Å²) in [5, 5.41) is 24.7. The van der Waals surface area contributed by atoms with Crippen molar-refractivity contribution in [2.45, 2.75) is 29.3 Å². The first-order valence-corrected chi connectivity index (χ1v) is 11.4. The fraction of sp³-hybridized carbons (Fsp3) is 0.167. The molecule has 2 aromatic carbocycles. The number of nitriles is 1. The molecular weight excluding hydrogens is 458 g/mol. The van der Waals surface area contributed by atoms with Crippen LogP contribution in [0.1, 0.15) is 24.9 Å². The second kappa shape index (κ2) is 9.53. The minimum atomic E-state index is -0.927. The van der Waals surface area contributed by atoms with Crippen LogP contribution in [0.3, 0.4) is 0 Å². The van der Waals surface area contributed by atoms with Gasteiger partial charge in [-0.25, -0.2) is 9.78 Å². The fourth-order valence-electron chi connectivity index (χ4n) is 3.44. The summed E-state index contributed by atoms with van der Waals surface area (Å²) in [6.07, 6.45) is 2.09. The van der Waals surface area contributed by atoms with E-state index in [1.807, 2.05) is 54.9 Å². The Morgan fingerprint density at radius 1 is 1.18 bits per heavy atom. The lowest BCUT2D eigenvalue weighted by Crippen LogP contribution is -2.18. The maximum absolute atomic E-state index is 11.5. The highest BCUT2D eigenvalue weighted by Crippen LogP contribution is 2.38. The molecule has 9 heteroatoms. The van der Waals surface area contributed by atoms with Crippen LogP contribution < -0.4 is 0 Å². The number of rotatable bonds is 7. The predicted octanol–water partition coefficient (Wildman–Crippen LogP) is 5.66. The number of nitrogens with zero attached hydrogens (tertiary/aromatic N) is 5. The van der Waals surface area contributed by atoms with E-state index in [0.29, 0.717) is 28.5 Å². The molecule has 2 heterocycles. The van der Waals surface area contributed by atoms with Crippen LogP contribution in [-0.2, 0) is 11.8 Å². The van der Waals surface area contributed by atoms with E-state index in [2.05, 4.69) is 11.2 Å². The van der Waals surface area contributed by atoms with Crippen LogP contribution in [0.5, 0.6) is 0 Å². The average Bonchev–Trinajstić information content (AvgIpc) is 3.41. The molecule has 0 amide bonds. The zero-order valence-electron chi connectivity index (χ0n) is 17.9. The van der Waals surface area contributed by atoms with Gasteiger partial charge in [0, 0.05) is 28.7 Å². The van der Waals surface area contributed by atoms with Crippen molar-refractivity contribution in [3.05, 3.63) is 71.4 Å². The van der Waals surface area contributed by atoms with Crippen LogP contribution in [0.25, 0.3) is 22.8 Å². The van der Waals surface area contributed by atoms with Crippen molar-refractivity contribution in [3.8, 4) is 28.8 Å². The van der Waals surface area contributed by atoms with Crippen molar-refractivity contribution >= 4 is 29.3 Å². The summed E-state index contributed by atoms with van der Waals surface area (Å²) >= 11 is 7.58. The zero-order valence-corrected chi connectivity index (χ0v) is 19.5. The molecule has 0 aliphatic rings. The summed E-state index contributed by atoms with van der Waals surface area (Å²) in [7, 11) is 1.90. The first kappa shape index (κ1) is 22.6. The van der Waals surface area contributed by atoms with Gasteiger partial charge < -0.3 is 9.67 Å². The molecule has 1 unspecified atom stereocenters. The number of hydrogen-bond acceptors (Lipinski definition) is 5. The molecule has 0 saturated heterocycles. The largest absolute Gasteiger partial charge is 0.480 e. The summed E-state index contributed by atoms with van der Waals surface area (Å²) < 4.78 is 3.40. The standard InChI is InChI=1S/C24H20ClN5O2S/c1-3-20(24(31)32)30-13-12-19(28-30)22-27-21(16-6-4-15(14-26)5-7-16)23(29(22)2)33-18-10-8-17(25)9-11-18/h4-13,20H,3H2,1-2H3,(H,31,32). The quantitative estimate of drug-likeness (QED) is 0.368. The first-order valence-electron chi connectivity index (χ1n) is 10.2. The summed E-state index contributed by atoms with van der Waals surface area (Å²) in [6, 6.07) is 18.0. The predicted molar refractivity (Wildman–Crippen MR) is 127 cm³/mol. The van der Waals surface area contributed by atoms with Crippen molar-refractivity contribution in [3.63, 3.8) is 0 Å². The lowest BCUT2D eigenvalue weighted by Gasteiger charge is -2.09. The van der Waals surface area contributed by atoms with Crippen LogP contribution in [0, 0.1) is 11.3 Å². The van der Waals surface area contributed by atoms with Gasteiger partial charge in [-0.1, -0.05) is 42.4 Å². The second-order valence-electron chi connectivity index (χ2n) is 7.34. The molecule has 33 heavy (non-hydrogen) atoms. The van der Waals surface area contributed by atoms with Crippen molar-refractivity contribution < 1.29 is 9.90 Å². The molecule has 0 aliphatic heterocycles. The van der Waals surface area contributed by atoms with Gasteiger partial charge in [-0.2, -0.15) is 10.4 Å². The van der Waals surface area contributed by atoms with Gasteiger partial charge in [0.05, 0.1) is 11.6 Å². The van der Waals surface area contributed by atoms with E-state index in [4.69, 9.17) is 21.8 Å².